The average Bonchev–Trinajstić information content (AvgIpc) is 2.29. The minimum absolute atomic E-state index is 0.0972. The summed E-state index contributed by atoms with van der Waals surface area (Å²) in [5.41, 5.74) is 0.420. The van der Waals surface area contributed by atoms with Gasteiger partial charge in [0, 0.05) is 18.1 Å². The number of carboxylic acids is 1. The maximum atomic E-state index is 12.8. The number of carboxylic acid groups (broad SMARTS) is 1. The van der Waals surface area contributed by atoms with Crippen LogP contribution in [0, 0.1) is 5.82 Å². The number of nitrogens with one attached hydrogen (secondary N) is 1. The molecular weight excluding hydrogens is 307 g/mol. The van der Waals surface area contributed by atoms with Crippen LogP contribution in [-0.2, 0) is 4.79 Å². The van der Waals surface area contributed by atoms with Crippen molar-refractivity contribution in [2.45, 2.75) is 6.42 Å². The molecule has 98 valence electrons. The third-order valence-electron chi connectivity index (χ3n) is 2.18. The van der Waals surface area contributed by atoms with E-state index in [0.717, 1.165) is 0 Å². The van der Waals surface area contributed by atoms with E-state index in [1.165, 1.54) is 30.1 Å². The molecular formula is C11H12BrFN2O3. The van der Waals surface area contributed by atoms with E-state index < -0.39 is 17.8 Å². The van der Waals surface area contributed by atoms with Crippen molar-refractivity contribution in [3.05, 3.63) is 28.5 Å². The molecule has 0 aromatic heterocycles. The van der Waals surface area contributed by atoms with Crippen LogP contribution in [0.5, 0.6) is 0 Å². The summed E-state index contributed by atoms with van der Waals surface area (Å²) in [5, 5.41) is 11.0. The lowest BCUT2D eigenvalue weighted by atomic mass is 10.3. The van der Waals surface area contributed by atoms with Crippen molar-refractivity contribution in [2.24, 2.45) is 0 Å². The van der Waals surface area contributed by atoms with Crippen molar-refractivity contribution in [1.82, 2.24) is 4.90 Å². The second-order valence-electron chi connectivity index (χ2n) is 3.62. The van der Waals surface area contributed by atoms with Crippen LogP contribution in [0.15, 0.2) is 22.7 Å². The molecule has 0 radical (unpaired) electrons. The van der Waals surface area contributed by atoms with E-state index in [0.29, 0.717) is 10.2 Å². The van der Waals surface area contributed by atoms with Gasteiger partial charge in [-0.25, -0.2) is 9.18 Å². The molecule has 0 spiro atoms. The summed E-state index contributed by atoms with van der Waals surface area (Å²) in [4.78, 5) is 23.3. The van der Waals surface area contributed by atoms with Gasteiger partial charge in [0.15, 0.2) is 0 Å². The molecule has 2 N–H and O–H groups in total. The molecule has 1 rings (SSSR count). The van der Waals surface area contributed by atoms with Crippen molar-refractivity contribution < 1.29 is 19.1 Å². The lowest BCUT2D eigenvalue weighted by Crippen LogP contribution is -2.33. The van der Waals surface area contributed by atoms with Gasteiger partial charge in [0.25, 0.3) is 0 Å². The summed E-state index contributed by atoms with van der Waals surface area (Å²) in [5.74, 6) is -1.39. The van der Waals surface area contributed by atoms with E-state index in [1.807, 2.05) is 0 Å². The Balaban J connectivity index is 2.61. The highest BCUT2D eigenvalue weighted by Gasteiger charge is 2.12. The van der Waals surface area contributed by atoms with Gasteiger partial charge >= 0.3 is 12.0 Å². The Kier molecular flexibility index (Phi) is 5.08. The number of amides is 2. The molecule has 0 bridgehead atoms. The molecule has 7 heteroatoms. The second kappa shape index (κ2) is 6.34. The van der Waals surface area contributed by atoms with Crippen molar-refractivity contribution in [2.75, 3.05) is 18.9 Å². The maximum Gasteiger partial charge on any atom is 0.321 e. The van der Waals surface area contributed by atoms with Crippen molar-refractivity contribution in [1.29, 1.82) is 0 Å². The molecule has 0 aliphatic rings. The summed E-state index contributed by atoms with van der Waals surface area (Å²) < 4.78 is 13.3. The number of aliphatic carboxylic acids is 1. The van der Waals surface area contributed by atoms with Gasteiger partial charge in [0.1, 0.15) is 5.82 Å². The van der Waals surface area contributed by atoms with Gasteiger partial charge < -0.3 is 15.3 Å². The zero-order chi connectivity index (χ0) is 13.7. The standard InChI is InChI=1S/C11H12BrFN2O3/c1-15(5-4-10(16)17)11(18)14-9-3-2-7(13)6-8(9)12/h2-3,6H,4-5H2,1H3,(H,14,18)(H,16,17). The summed E-state index contributed by atoms with van der Waals surface area (Å²) in [6.07, 6.45) is -0.130. The fourth-order valence-corrected chi connectivity index (χ4v) is 1.62. The Bertz CT molecular complexity index is 468. The van der Waals surface area contributed by atoms with Crippen LogP contribution in [0.4, 0.5) is 14.9 Å². The van der Waals surface area contributed by atoms with E-state index in [2.05, 4.69) is 21.2 Å². The summed E-state index contributed by atoms with van der Waals surface area (Å²) >= 11 is 3.12. The second-order valence-corrected chi connectivity index (χ2v) is 4.47. The smallest absolute Gasteiger partial charge is 0.321 e. The average molecular weight is 319 g/mol. The van der Waals surface area contributed by atoms with Crippen LogP contribution >= 0.6 is 15.9 Å². The van der Waals surface area contributed by atoms with E-state index in [4.69, 9.17) is 5.11 Å². The van der Waals surface area contributed by atoms with Crippen molar-refractivity contribution >= 4 is 33.6 Å². The van der Waals surface area contributed by atoms with E-state index in [9.17, 15) is 14.0 Å². The number of halogens is 2. The van der Waals surface area contributed by atoms with Crippen LogP contribution in [-0.4, -0.2) is 35.6 Å². The molecule has 0 saturated carbocycles. The highest BCUT2D eigenvalue weighted by atomic mass is 79.9. The number of rotatable bonds is 4. The minimum Gasteiger partial charge on any atom is -0.481 e. The number of hydrogen-bond donors (Lipinski definition) is 2. The minimum atomic E-state index is -0.974. The van der Waals surface area contributed by atoms with Gasteiger partial charge in [-0.2, -0.15) is 0 Å². The van der Waals surface area contributed by atoms with Crippen LogP contribution in [0.1, 0.15) is 6.42 Å². The number of hydrogen-bond acceptors (Lipinski definition) is 2. The largest absolute Gasteiger partial charge is 0.481 e. The van der Waals surface area contributed by atoms with Crippen LogP contribution in [0.25, 0.3) is 0 Å². The van der Waals surface area contributed by atoms with E-state index in [1.54, 1.807) is 0 Å². The SMILES string of the molecule is CN(CCC(=O)O)C(=O)Nc1ccc(F)cc1Br. The molecule has 1 aromatic carbocycles. The normalized spacial score (nSPS) is 9.94. The highest BCUT2D eigenvalue weighted by molar-refractivity contribution is 9.10. The first-order valence-corrected chi connectivity index (χ1v) is 5.88. The van der Waals surface area contributed by atoms with Gasteiger partial charge in [-0.3, -0.25) is 4.79 Å². The number of nitrogens with zero attached hydrogens (tertiary/aromatic N) is 1. The Morgan fingerprint density at radius 1 is 1.50 bits per heavy atom. The molecule has 1 aromatic rings. The number of urea groups is 1. The number of anilines is 1. The fourth-order valence-electron chi connectivity index (χ4n) is 1.17. The third-order valence-corrected chi connectivity index (χ3v) is 2.84. The Morgan fingerprint density at radius 3 is 2.72 bits per heavy atom. The van der Waals surface area contributed by atoms with Crippen LogP contribution in [0.2, 0.25) is 0 Å². The Morgan fingerprint density at radius 2 is 2.17 bits per heavy atom. The molecule has 0 atom stereocenters. The van der Waals surface area contributed by atoms with Gasteiger partial charge in [-0.15, -0.1) is 0 Å². The molecule has 2 amide bonds. The first-order valence-electron chi connectivity index (χ1n) is 5.09. The molecule has 5 nitrogen and oxygen atoms in total. The molecule has 0 heterocycles. The molecule has 0 unspecified atom stereocenters. The summed E-state index contributed by atoms with van der Waals surface area (Å²) in [6.45, 7) is 0.0972. The topological polar surface area (TPSA) is 69.6 Å². The summed E-state index contributed by atoms with van der Waals surface area (Å²) in [6, 6.07) is 3.41. The monoisotopic (exact) mass is 318 g/mol. The van der Waals surface area contributed by atoms with Gasteiger partial charge in [-0.1, -0.05) is 0 Å². The molecule has 18 heavy (non-hydrogen) atoms. The van der Waals surface area contributed by atoms with E-state index in [-0.39, 0.29) is 13.0 Å². The zero-order valence-corrected chi connectivity index (χ0v) is 11.2. The first kappa shape index (κ1) is 14.4. The number of carbonyl (C=O) groups excluding carboxylic acids is 1. The Hall–Kier alpha value is -1.63. The molecule has 0 aliphatic carbocycles. The van der Waals surface area contributed by atoms with Gasteiger partial charge in [0.2, 0.25) is 0 Å². The van der Waals surface area contributed by atoms with Crippen LogP contribution in [0.3, 0.4) is 0 Å². The third kappa shape index (κ3) is 4.33. The molecule has 0 saturated heterocycles. The quantitative estimate of drug-likeness (QED) is 0.896. The summed E-state index contributed by atoms with van der Waals surface area (Å²) in [7, 11) is 1.48. The fraction of sp³-hybridized carbons (Fsp3) is 0.273. The Labute approximate surface area is 112 Å². The molecule has 0 aliphatic heterocycles. The van der Waals surface area contributed by atoms with Crippen LogP contribution < -0.4 is 5.32 Å². The number of benzene rings is 1. The number of carbonyl (C=O) groups is 2. The lowest BCUT2D eigenvalue weighted by molar-refractivity contribution is -0.137. The van der Waals surface area contributed by atoms with Gasteiger partial charge in [-0.05, 0) is 34.1 Å². The predicted octanol–water partition coefficient (Wildman–Crippen LogP) is 2.53. The van der Waals surface area contributed by atoms with Crippen molar-refractivity contribution in [3.63, 3.8) is 0 Å². The van der Waals surface area contributed by atoms with E-state index >= 15 is 0 Å². The van der Waals surface area contributed by atoms with Crippen molar-refractivity contribution in [3.8, 4) is 0 Å². The first-order chi connectivity index (χ1) is 8.40. The van der Waals surface area contributed by atoms with Gasteiger partial charge in [0.05, 0.1) is 12.1 Å². The lowest BCUT2D eigenvalue weighted by Gasteiger charge is -2.17. The predicted molar refractivity (Wildman–Crippen MR) is 68.0 cm³/mol. The maximum absolute atomic E-state index is 12.8. The zero-order valence-electron chi connectivity index (χ0n) is 9.61. The highest BCUT2D eigenvalue weighted by Crippen LogP contribution is 2.23. The molecule has 0 fully saturated rings.